The molecule has 0 saturated carbocycles. The molecule has 0 unspecified atom stereocenters. The zero-order valence-corrected chi connectivity index (χ0v) is 11.2. The van der Waals surface area contributed by atoms with Crippen molar-refractivity contribution in [2.45, 2.75) is 0 Å². The quantitative estimate of drug-likeness (QED) is 0.866. The number of hydrogen-bond donors (Lipinski definition) is 1. The van der Waals surface area contributed by atoms with E-state index in [1.165, 1.54) is 6.20 Å². The second kappa shape index (κ2) is 4.85. The van der Waals surface area contributed by atoms with Gasteiger partial charge in [0.15, 0.2) is 0 Å². The van der Waals surface area contributed by atoms with Crippen LogP contribution < -0.4 is 5.32 Å². The van der Waals surface area contributed by atoms with E-state index in [0.717, 1.165) is 4.47 Å². The molecule has 5 nitrogen and oxygen atoms in total. The number of aromatic nitrogens is 3. The summed E-state index contributed by atoms with van der Waals surface area (Å²) in [7, 11) is 1.78. The molecule has 2 rings (SSSR count). The molecule has 0 aliphatic carbocycles. The van der Waals surface area contributed by atoms with Crippen molar-refractivity contribution in [2.24, 2.45) is 7.05 Å². The molecule has 0 saturated heterocycles. The highest BCUT2D eigenvalue weighted by Crippen LogP contribution is 2.15. The predicted molar refractivity (Wildman–Crippen MR) is 68.1 cm³/mol. The van der Waals surface area contributed by atoms with E-state index in [4.69, 9.17) is 11.6 Å². The zero-order chi connectivity index (χ0) is 12.4. The van der Waals surface area contributed by atoms with Crippen molar-refractivity contribution in [3.05, 3.63) is 40.0 Å². The molecule has 0 atom stereocenters. The van der Waals surface area contributed by atoms with Crippen molar-refractivity contribution in [1.82, 2.24) is 14.5 Å². The van der Waals surface area contributed by atoms with Gasteiger partial charge in [0.05, 0.1) is 0 Å². The van der Waals surface area contributed by atoms with E-state index >= 15 is 0 Å². The maximum Gasteiger partial charge on any atom is 0.273 e. The van der Waals surface area contributed by atoms with E-state index < -0.39 is 0 Å². The van der Waals surface area contributed by atoms with Gasteiger partial charge in [-0.15, -0.1) is 0 Å². The topological polar surface area (TPSA) is 59.8 Å². The van der Waals surface area contributed by atoms with E-state index in [1.54, 1.807) is 29.9 Å². The van der Waals surface area contributed by atoms with Crippen molar-refractivity contribution in [2.75, 3.05) is 5.32 Å². The summed E-state index contributed by atoms with van der Waals surface area (Å²) < 4.78 is 2.55. The van der Waals surface area contributed by atoms with Crippen molar-refractivity contribution in [3.8, 4) is 0 Å². The van der Waals surface area contributed by atoms with Crippen LogP contribution in [0.3, 0.4) is 0 Å². The summed E-state index contributed by atoms with van der Waals surface area (Å²) >= 11 is 8.92. The second-order valence-corrected chi connectivity index (χ2v) is 4.57. The molecular formula is C10H8BrClN4O. The summed E-state index contributed by atoms with van der Waals surface area (Å²) in [5.74, 6) is 0.111. The predicted octanol–water partition coefficient (Wildman–Crippen LogP) is 2.48. The van der Waals surface area contributed by atoms with Gasteiger partial charge in [-0.25, -0.2) is 9.97 Å². The number of amides is 1. The van der Waals surface area contributed by atoms with Crippen LogP contribution in [0.1, 0.15) is 10.5 Å². The zero-order valence-electron chi connectivity index (χ0n) is 8.82. The summed E-state index contributed by atoms with van der Waals surface area (Å²) in [6.45, 7) is 0. The van der Waals surface area contributed by atoms with E-state index in [2.05, 4.69) is 31.2 Å². The fourth-order valence-electron chi connectivity index (χ4n) is 1.33. The SMILES string of the molecule is Cn1cc(Br)cc1C(=O)Nc1ccnc(Cl)n1. The van der Waals surface area contributed by atoms with E-state index in [-0.39, 0.29) is 11.2 Å². The normalized spacial score (nSPS) is 10.3. The molecule has 0 bridgehead atoms. The lowest BCUT2D eigenvalue weighted by molar-refractivity contribution is 0.101. The number of carbonyl (C=O) groups is 1. The van der Waals surface area contributed by atoms with Crippen LogP contribution in [0.4, 0.5) is 5.82 Å². The average molecular weight is 316 g/mol. The maximum absolute atomic E-state index is 11.9. The molecule has 0 aliphatic heterocycles. The van der Waals surface area contributed by atoms with Gasteiger partial charge in [-0.3, -0.25) is 4.79 Å². The molecule has 0 spiro atoms. The summed E-state index contributed by atoms with van der Waals surface area (Å²) in [6, 6.07) is 3.29. The van der Waals surface area contributed by atoms with Gasteiger partial charge in [0.1, 0.15) is 11.5 Å². The highest BCUT2D eigenvalue weighted by atomic mass is 79.9. The summed E-state index contributed by atoms with van der Waals surface area (Å²) in [5, 5.41) is 2.73. The molecule has 2 aromatic heterocycles. The summed E-state index contributed by atoms with van der Waals surface area (Å²) in [4.78, 5) is 19.5. The number of anilines is 1. The van der Waals surface area contributed by atoms with Crippen molar-refractivity contribution < 1.29 is 4.79 Å². The molecule has 0 fully saturated rings. The Morgan fingerprint density at radius 3 is 2.94 bits per heavy atom. The highest BCUT2D eigenvalue weighted by molar-refractivity contribution is 9.10. The van der Waals surface area contributed by atoms with E-state index in [1.807, 2.05) is 0 Å². The standard InChI is InChI=1S/C10H8BrClN4O/c1-16-5-6(11)4-7(16)9(17)14-8-2-3-13-10(12)15-8/h2-5H,1H3,(H,13,14,15,17). The highest BCUT2D eigenvalue weighted by Gasteiger charge is 2.11. The van der Waals surface area contributed by atoms with Crippen LogP contribution >= 0.6 is 27.5 Å². The third-order valence-corrected chi connectivity index (χ3v) is 2.69. The second-order valence-electron chi connectivity index (χ2n) is 3.32. The number of nitrogens with one attached hydrogen (secondary N) is 1. The Balaban J connectivity index is 2.20. The smallest absolute Gasteiger partial charge is 0.273 e. The Hall–Kier alpha value is -1.40. The molecule has 1 amide bonds. The molecule has 7 heteroatoms. The van der Waals surface area contributed by atoms with Gasteiger partial charge in [0.25, 0.3) is 5.91 Å². The number of nitrogens with zero attached hydrogens (tertiary/aromatic N) is 3. The minimum Gasteiger partial charge on any atom is -0.345 e. The van der Waals surface area contributed by atoms with Gasteiger partial charge in [-0.1, -0.05) is 0 Å². The summed E-state index contributed by atoms with van der Waals surface area (Å²) in [6.07, 6.45) is 3.27. The van der Waals surface area contributed by atoms with Gasteiger partial charge in [-0.2, -0.15) is 0 Å². The van der Waals surface area contributed by atoms with Crippen LogP contribution in [0.5, 0.6) is 0 Å². The van der Waals surface area contributed by atoms with Crippen molar-refractivity contribution >= 4 is 39.3 Å². The minimum atomic E-state index is -0.257. The molecule has 2 heterocycles. The molecule has 1 N–H and O–H groups in total. The third kappa shape index (κ3) is 2.83. The van der Waals surface area contributed by atoms with E-state index in [0.29, 0.717) is 11.5 Å². The molecule has 0 radical (unpaired) electrons. The number of rotatable bonds is 2. The average Bonchev–Trinajstić information content (AvgIpc) is 2.58. The number of halogens is 2. The van der Waals surface area contributed by atoms with Crippen LogP contribution in [0.15, 0.2) is 29.0 Å². The molecular weight excluding hydrogens is 307 g/mol. The largest absolute Gasteiger partial charge is 0.345 e. The summed E-state index contributed by atoms with van der Waals surface area (Å²) in [5.41, 5.74) is 0.520. The fraction of sp³-hybridized carbons (Fsp3) is 0.100. The lowest BCUT2D eigenvalue weighted by Crippen LogP contribution is -2.16. The first-order valence-corrected chi connectivity index (χ1v) is 5.85. The van der Waals surface area contributed by atoms with Crippen LogP contribution in [-0.2, 0) is 7.05 Å². The number of aryl methyl sites for hydroxylation is 1. The van der Waals surface area contributed by atoms with Gasteiger partial charge in [0.2, 0.25) is 5.28 Å². The molecule has 0 aromatic carbocycles. The third-order valence-electron chi connectivity index (χ3n) is 2.07. The van der Waals surface area contributed by atoms with Crippen molar-refractivity contribution in [3.63, 3.8) is 0 Å². The Morgan fingerprint density at radius 1 is 1.59 bits per heavy atom. The van der Waals surface area contributed by atoms with Crippen LogP contribution in [0.2, 0.25) is 5.28 Å². The Kier molecular flexibility index (Phi) is 3.44. The molecule has 2 aromatic rings. The van der Waals surface area contributed by atoms with E-state index in [9.17, 15) is 4.79 Å². The first-order chi connectivity index (χ1) is 8.06. The van der Waals surface area contributed by atoms with Gasteiger partial charge >= 0.3 is 0 Å². The lowest BCUT2D eigenvalue weighted by atomic mass is 10.4. The number of hydrogen-bond acceptors (Lipinski definition) is 3. The molecule has 88 valence electrons. The molecule has 0 aliphatic rings. The van der Waals surface area contributed by atoms with Gasteiger partial charge < -0.3 is 9.88 Å². The first-order valence-electron chi connectivity index (χ1n) is 4.68. The fourth-order valence-corrected chi connectivity index (χ4v) is 2.01. The maximum atomic E-state index is 11.9. The lowest BCUT2D eigenvalue weighted by Gasteiger charge is -2.04. The Labute approximate surface area is 111 Å². The van der Waals surface area contributed by atoms with Crippen LogP contribution in [0.25, 0.3) is 0 Å². The van der Waals surface area contributed by atoms with Gasteiger partial charge in [0, 0.05) is 23.9 Å². The Bertz CT molecular complexity index is 569. The minimum absolute atomic E-state index is 0.0934. The Morgan fingerprint density at radius 2 is 2.35 bits per heavy atom. The van der Waals surface area contributed by atoms with Crippen molar-refractivity contribution in [1.29, 1.82) is 0 Å². The monoisotopic (exact) mass is 314 g/mol. The van der Waals surface area contributed by atoms with Crippen LogP contribution in [-0.4, -0.2) is 20.4 Å². The van der Waals surface area contributed by atoms with Gasteiger partial charge in [-0.05, 0) is 39.7 Å². The number of carbonyl (C=O) groups excluding carboxylic acids is 1. The van der Waals surface area contributed by atoms with Crippen LogP contribution in [0, 0.1) is 0 Å². The first kappa shape index (κ1) is 12.1. The molecule has 17 heavy (non-hydrogen) atoms.